The van der Waals surface area contributed by atoms with E-state index >= 15 is 0 Å². The van der Waals surface area contributed by atoms with Crippen molar-refractivity contribution < 1.29 is 4.79 Å². The summed E-state index contributed by atoms with van der Waals surface area (Å²) in [5.74, 6) is 0.0791. The number of fused-ring (bicyclic) bond motifs is 6. The first-order valence-electron chi connectivity index (χ1n) is 11.9. The molecule has 0 saturated heterocycles. The van der Waals surface area contributed by atoms with E-state index in [1.54, 1.807) is 6.08 Å². The summed E-state index contributed by atoms with van der Waals surface area (Å²) in [5.41, 5.74) is 8.55. The third-order valence-electron chi connectivity index (χ3n) is 7.24. The second kappa shape index (κ2) is 8.11. The number of hydrogen-bond donors (Lipinski definition) is 0. The van der Waals surface area contributed by atoms with Crippen LogP contribution < -0.4 is 4.90 Å². The molecule has 0 saturated carbocycles. The second-order valence-electron chi connectivity index (χ2n) is 8.96. The van der Waals surface area contributed by atoms with Gasteiger partial charge in [0.15, 0.2) is 5.78 Å². The topological polar surface area (TPSA) is 20.3 Å². The van der Waals surface area contributed by atoms with Crippen LogP contribution in [0.2, 0.25) is 0 Å². The Morgan fingerprint density at radius 1 is 0.714 bits per heavy atom. The van der Waals surface area contributed by atoms with Gasteiger partial charge in [-0.1, -0.05) is 104 Å². The molecule has 0 N–H and O–H groups in total. The van der Waals surface area contributed by atoms with Gasteiger partial charge in [-0.25, -0.2) is 0 Å². The van der Waals surface area contributed by atoms with Crippen LogP contribution in [-0.4, -0.2) is 5.78 Å². The van der Waals surface area contributed by atoms with Gasteiger partial charge >= 0.3 is 0 Å². The van der Waals surface area contributed by atoms with Gasteiger partial charge in [0.2, 0.25) is 0 Å². The van der Waals surface area contributed by atoms with Crippen LogP contribution in [0.15, 0.2) is 139 Å². The summed E-state index contributed by atoms with van der Waals surface area (Å²) >= 11 is 0. The Hall–Kier alpha value is -4.43. The summed E-state index contributed by atoms with van der Waals surface area (Å²) in [4.78, 5) is 15.9. The van der Waals surface area contributed by atoms with Crippen molar-refractivity contribution in [3.63, 3.8) is 0 Å². The monoisotopic (exact) mass is 451 g/mol. The number of hydrogen-bond acceptors (Lipinski definition) is 2. The molecule has 0 fully saturated rings. The number of carbonyl (C=O) groups is 1. The zero-order chi connectivity index (χ0) is 24.0. The molecule has 35 heavy (non-hydrogen) atoms. The van der Waals surface area contributed by atoms with Crippen LogP contribution >= 0.6 is 0 Å². The molecule has 0 atom stereocenters. The lowest BCUT2D eigenvalue weighted by atomic mass is 9.57. The van der Waals surface area contributed by atoms with Gasteiger partial charge in [0, 0.05) is 16.8 Å². The van der Waals surface area contributed by atoms with E-state index in [1.807, 2.05) is 37.3 Å². The fraction of sp³-hybridized carbons (Fsp3) is 0.0606. The molecule has 2 heteroatoms. The molecule has 2 nitrogen and oxygen atoms in total. The number of nitrogens with zero attached hydrogens (tertiary/aromatic N) is 1. The Morgan fingerprint density at radius 3 is 1.89 bits per heavy atom. The van der Waals surface area contributed by atoms with Gasteiger partial charge in [-0.2, -0.15) is 0 Å². The quantitative estimate of drug-likeness (QED) is 0.294. The number of ketones is 1. The number of Topliss-reactive ketones (excluding diaryl/α,β-unsaturated/α-hetero) is 1. The normalized spacial score (nSPS) is 15.7. The summed E-state index contributed by atoms with van der Waals surface area (Å²) < 4.78 is 0. The van der Waals surface area contributed by atoms with E-state index in [9.17, 15) is 4.79 Å². The minimum Gasteiger partial charge on any atom is -0.310 e. The fourth-order valence-electron chi connectivity index (χ4n) is 5.85. The van der Waals surface area contributed by atoms with Gasteiger partial charge in [0.25, 0.3) is 0 Å². The second-order valence-corrected chi connectivity index (χ2v) is 8.96. The Kier molecular flexibility index (Phi) is 4.89. The van der Waals surface area contributed by atoms with Crippen molar-refractivity contribution in [3.05, 3.63) is 161 Å². The maximum absolute atomic E-state index is 13.6. The zero-order valence-corrected chi connectivity index (χ0v) is 19.6. The van der Waals surface area contributed by atoms with Crippen LogP contribution in [0.25, 0.3) is 0 Å². The van der Waals surface area contributed by atoms with Gasteiger partial charge in [-0.05, 0) is 53.5 Å². The molecule has 4 aromatic carbocycles. The Bertz CT molecular complexity index is 1490. The largest absolute Gasteiger partial charge is 0.310 e. The van der Waals surface area contributed by atoms with Crippen LogP contribution in [-0.2, 0) is 5.41 Å². The first-order valence-corrected chi connectivity index (χ1v) is 11.9. The van der Waals surface area contributed by atoms with Crippen molar-refractivity contribution in [2.24, 2.45) is 0 Å². The molecule has 1 spiro atoms. The molecule has 0 amide bonds. The van der Waals surface area contributed by atoms with Crippen molar-refractivity contribution in [2.45, 2.75) is 12.3 Å². The third-order valence-corrected chi connectivity index (χ3v) is 7.24. The van der Waals surface area contributed by atoms with Crippen molar-refractivity contribution in [1.82, 2.24) is 0 Å². The average molecular weight is 452 g/mol. The summed E-state index contributed by atoms with van der Waals surface area (Å²) in [5, 5.41) is 0. The van der Waals surface area contributed by atoms with Crippen LogP contribution in [0, 0.1) is 0 Å². The van der Waals surface area contributed by atoms with Gasteiger partial charge in [-0.15, -0.1) is 0 Å². The molecule has 4 aromatic rings. The number of benzene rings is 4. The molecule has 0 bridgehead atoms. The van der Waals surface area contributed by atoms with Crippen molar-refractivity contribution in [3.8, 4) is 0 Å². The number of allylic oxidation sites excluding steroid dienone is 5. The Morgan fingerprint density at radius 2 is 1.26 bits per heavy atom. The molecule has 0 radical (unpaired) electrons. The molecule has 0 aromatic heterocycles. The van der Waals surface area contributed by atoms with E-state index in [0.717, 1.165) is 50.5 Å². The van der Waals surface area contributed by atoms with Crippen molar-refractivity contribution in [1.29, 1.82) is 0 Å². The highest BCUT2D eigenvalue weighted by atomic mass is 16.1. The summed E-state index contributed by atoms with van der Waals surface area (Å²) in [7, 11) is 0. The van der Waals surface area contributed by atoms with E-state index < -0.39 is 5.41 Å². The van der Waals surface area contributed by atoms with Crippen LogP contribution in [0.4, 0.5) is 17.1 Å². The van der Waals surface area contributed by atoms with Crippen LogP contribution in [0.3, 0.4) is 0 Å². The van der Waals surface area contributed by atoms with Gasteiger partial charge < -0.3 is 4.90 Å². The van der Waals surface area contributed by atoms with E-state index in [0.29, 0.717) is 0 Å². The minimum atomic E-state index is -0.632. The van der Waals surface area contributed by atoms with E-state index in [1.165, 1.54) is 0 Å². The molecule has 6 rings (SSSR count). The number of carbonyl (C=O) groups excluding carboxylic acids is 1. The highest BCUT2D eigenvalue weighted by molar-refractivity contribution is 6.13. The van der Waals surface area contributed by atoms with E-state index in [-0.39, 0.29) is 5.78 Å². The first-order chi connectivity index (χ1) is 17.2. The predicted molar refractivity (Wildman–Crippen MR) is 144 cm³/mol. The van der Waals surface area contributed by atoms with Crippen LogP contribution in [0.1, 0.15) is 34.0 Å². The molecule has 168 valence electrons. The maximum atomic E-state index is 13.6. The zero-order valence-electron chi connectivity index (χ0n) is 19.6. The average Bonchev–Trinajstić information content (AvgIpc) is 2.92. The number of para-hydroxylation sites is 3. The SMILES string of the molecule is C=C/C=C\C1=C(C)C(=O)c2ccccc2C12c1ccccc1N(c1ccccc1)c1ccccc12. The predicted octanol–water partition coefficient (Wildman–Crippen LogP) is 8.06. The third kappa shape index (κ3) is 2.87. The van der Waals surface area contributed by atoms with Gasteiger partial charge in [0.05, 0.1) is 16.8 Å². The summed E-state index contributed by atoms with van der Waals surface area (Å²) in [6, 6.07) is 35.7. The standard InChI is InChI=1S/C33H25NO/c1-3-4-17-26-23(2)32(35)25-16-8-9-18-27(25)33(26)28-19-10-12-21-30(28)34(24-14-6-5-7-15-24)31-22-13-11-20-29(31)33/h3-22H,1H2,2H3/b17-4-. The lowest BCUT2D eigenvalue weighted by molar-refractivity contribution is 0.102. The van der Waals surface area contributed by atoms with Crippen molar-refractivity contribution in [2.75, 3.05) is 4.90 Å². The number of rotatable bonds is 3. The molecule has 1 aliphatic heterocycles. The maximum Gasteiger partial charge on any atom is 0.189 e. The molecular weight excluding hydrogens is 426 g/mol. The fourth-order valence-corrected chi connectivity index (χ4v) is 5.85. The van der Waals surface area contributed by atoms with Crippen molar-refractivity contribution >= 4 is 22.8 Å². The van der Waals surface area contributed by atoms with Gasteiger partial charge in [-0.3, -0.25) is 4.79 Å². The summed E-state index contributed by atoms with van der Waals surface area (Å²) in [6.07, 6.45) is 5.79. The minimum absolute atomic E-state index is 0.0791. The smallest absolute Gasteiger partial charge is 0.189 e. The molecule has 0 unspecified atom stereocenters. The molecule has 1 heterocycles. The summed E-state index contributed by atoms with van der Waals surface area (Å²) in [6.45, 7) is 5.86. The van der Waals surface area contributed by atoms with Gasteiger partial charge in [0.1, 0.15) is 0 Å². The lowest BCUT2D eigenvalue weighted by Gasteiger charge is -2.49. The highest BCUT2D eigenvalue weighted by Crippen LogP contribution is 2.60. The molecule has 1 aliphatic carbocycles. The first kappa shape index (κ1) is 21.1. The van der Waals surface area contributed by atoms with E-state index in [4.69, 9.17) is 0 Å². The molecule has 2 aliphatic rings. The number of anilines is 3. The van der Waals surface area contributed by atoms with Crippen LogP contribution in [0.5, 0.6) is 0 Å². The lowest BCUT2D eigenvalue weighted by Crippen LogP contribution is -2.42. The Labute approximate surface area is 206 Å². The Balaban J connectivity index is 1.82. The highest BCUT2D eigenvalue weighted by Gasteiger charge is 2.51. The molecular formula is C33H25NO. The van der Waals surface area contributed by atoms with E-state index in [2.05, 4.69) is 96.4 Å².